The summed E-state index contributed by atoms with van der Waals surface area (Å²) in [5.41, 5.74) is 0.348. The van der Waals surface area contributed by atoms with Gasteiger partial charge in [0.05, 0.1) is 6.54 Å². The van der Waals surface area contributed by atoms with Gasteiger partial charge in [-0.25, -0.2) is 0 Å². The highest BCUT2D eigenvalue weighted by atomic mass is 16.4. The van der Waals surface area contributed by atoms with Gasteiger partial charge in [0.1, 0.15) is 11.5 Å². The van der Waals surface area contributed by atoms with Crippen molar-refractivity contribution in [3.05, 3.63) is 35.9 Å². The zero-order valence-electron chi connectivity index (χ0n) is 8.61. The fraction of sp³-hybridized carbons (Fsp3) is 0.417. The summed E-state index contributed by atoms with van der Waals surface area (Å²) in [4.78, 5) is 11.2. The van der Waals surface area contributed by atoms with E-state index < -0.39 is 11.5 Å². The van der Waals surface area contributed by atoms with E-state index in [0.717, 1.165) is 18.5 Å². The number of hydrogen-bond acceptors (Lipinski definition) is 2. The Balaban J connectivity index is 2.18. The van der Waals surface area contributed by atoms with Crippen LogP contribution in [0.3, 0.4) is 0 Å². The third-order valence-corrected chi connectivity index (χ3v) is 3.13. The van der Waals surface area contributed by atoms with Crippen molar-refractivity contribution < 1.29 is 15.2 Å². The molecule has 1 aliphatic heterocycles. The third-order valence-electron chi connectivity index (χ3n) is 3.13. The van der Waals surface area contributed by atoms with Gasteiger partial charge in [-0.3, -0.25) is 0 Å². The molecule has 1 aromatic rings. The van der Waals surface area contributed by atoms with Crippen molar-refractivity contribution >= 4 is 5.97 Å². The molecule has 2 N–H and O–H groups in total. The molecule has 1 aliphatic rings. The van der Waals surface area contributed by atoms with Gasteiger partial charge in [0, 0.05) is 19.3 Å². The Morgan fingerprint density at radius 3 is 2.67 bits per heavy atom. The maximum absolute atomic E-state index is 11.2. The first-order chi connectivity index (χ1) is 7.23. The summed E-state index contributed by atoms with van der Waals surface area (Å²) in [7, 11) is 0. The molecule has 0 aliphatic carbocycles. The number of carboxylic acids is 1. The van der Waals surface area contributed by atoms with E-state index in [2.05, 4.69) is 0 Å². The van der Waals surface area contributed by atoms with Crippen LogP contribution in [-0.2, 0) is 11.2 Å². The normalized spacial score (nSPS) is 25.3. The quantitative estimate of drug-likeness (QED) is 0.693. The Kier molecular flexibility index (Phi) is 2.73. The number of benzene rings is 1. The van der Waals surface area contributed by atoms with E-state index in [1.54, 1.807) is 0 Å². The Morgan fingerprint density at radius 2 is 2.13 bits per heavy atom. The van der Waals surface area contributed by atoms with Crippen LogP contribution >= 0.6 is 0 Å². The summed E-state index contributed by atoms with van der Waals surface area (Å²) in [6.45, 7) is 0.890. The molecule has 80 valence electrons. The first-order valence-electron chi connectivity index (χ1n) is 5.33. The lowest BCUT2D eigenvalue weighted by molar-refractivity contribution is -0.700. The Morgan fingerprint density at radius 1 is 1.40 bits per heavy atom. The van der Waals surface area contributed by atoms with Gasteiger partial charge in [-0.15, -0.1) is 0 Å². The highest BCUT2D eigenvalue weighted by Crippen LogP contribution is 2.17. The summed E-state index contributed by atoms with van der Waals surface area (Å²) in [6, 6.07) is 9.75. The summed E-state index contributed by atoms with van der Waals surface area (Å²) in [5.74, 6) is -0.927. The van der Waals surface area contributed by atoms with Gasteiger partial charge in [0.25, 0.3) is 0 Å². The van der Waals surface area contributed by atoms with Crippen LogP contribution < -0.4 is 10.4 Å². The number of carbonyl (C=O) groups is 1. The standard InChI is InChI=1S/C12H15NO2/c14-11(15)12(7-4-8-13-12)9-10-5-2-1-3-6-10/h1-3,5-6,13H,4,7-9H2,(H,14,15)/t12-/m1/s1. The lowest BCUT2D eigenvalue weighted by Crippen LogP contribution is -2.97. The lowest BCUT2D eigenvalue weighted by Gasteiger charge is -2.26. The SMILES string of the molecule is O=C([O-])[C@]1(Cc2ccccc2)CCC[NH2+]1. The van der Waals surface area contributed by atoms with Gasteiger partial charge in [0.15, 0.2) is 0 Å². The average molecular weight is 205 g/mol. The molecule has 0 spiro atoms. The van der Waals surface area contributed by atoms with E-state index in [-0.39, 0.29) is 0 Å². The summed E-state index contributed by atoms with van der Waals surface area (Å²) >= 11 is 0. The molecule has 2 rings (SSSR count). The molecule has 15 heavy (non-hydrogen) atoms. The van der Waals surface area contributed by atoms with Crippen LogP contribution in [-0.4, -0.2) is 18.1 Å². The molecule has 0 aromatic heterocycles. The third kappa shape index (κ3) is 2.02. The number of aliphatic carboxylic acids is 1. The number of nitrogens with two attached hydrogens (primary N) is 1. The highest BCUT2D eigenvalue weighted by molar-refractivity contribution is 5.75. The van der Waals surface area contributed by atoms with Gasteiger partial charge < -0.3 is 15.2 Å². The maximum Gasteiger partial charge on any atom is 0.140 e. The first-order valence-corrected chi connectivity index (χ1v) is 5.33. The second-order valence-electron chi connectivity index (χ2n) is 4.20. The highest BCUT2D eigenvalue weighted by Gasteiger charge is 2.39. The fourth-order valence-corrected chi connectivity index (χ4v) is 2.28. The predicted molar refractivity (Wildman–Crippen MR) is 53.9 cm³/mol. The zero-order valence-corrected chi connectivity index (χ0v) is 8.61. The maximum atomic E-state index is 11.2. The van der Waals surface area contributed by atoms with Crippen LogP contribution in [0.15, 0.2) is 30.3 Å². The minimum atomic E-state index is -0.927. The number of hydrogen-bond donors (Lipinski definition) is 1. The number of carbonyl (C=O) groups excluding carboxylic acids is 1. The molecule has 0 amide bonds. The first kappa shape index (κ1) is 10.2. The van der Waals surface area contributed by atoms with E-state index in [9.17, 15) is 9.90 Å². The van der Waals surface area contributed by atoms with Crippen LogP contribution in [0.4, 0.5) is 0 Å². The van der Waals surface area contributed by atoms with E-state index in [4.69, 9.17) is 0 Å². The van der Waals surface area contributed by atoms with E-state index >= 15 is 0 Å². The fourth-order valence-electron chi connectivity index (χ4n) is 2.28. The molecule has 0 unspecified atom stereocenters. The van der Waals surface area contributed by atoms with Crippen LogP contribution in [0.2, 0.25) is 0 Å². The molecular formula is C12H15NO2. The second-order valence-corrected chi connectivity index (χ2v) is 4.20. The summed E-state index contributed by atoms with van der Waals surface area (Å²) in [5, 5.41) is 13.1. The number of carboxylic acid groups (broad SMARTS) is 1. The zero-order chi connectivity index (χ0) is 10.7. The van der Waals surface area contributed by atoms with Crippen molar-refractivity contribution in [1.82, 2.24) is 0 Å². The van der Waals surface area contributed by atoms with E-state index in [1.807, 2.05) is 35.6 Å². The van der Waals surface area contributed by atoms with E-state index in [0.29, 0.717) is 12.8 Å². The molecule has 1 atom stereocenters. The minimum absolute atomic E-state index is 0.566. The molecule has 0 saturated carbocycles. The van der Waals surface area contributed by atoms with Crippen molar-refractivity contribution in [3.8, 4) is 0 Å². The molecule has 1 aromatic carbocycles. The number of quaternary nitrogens is 1. The molecule has 1 saturated heterocycles. The van der Waals surface area contributed by atoms with Gasteiger partial charge >= 0.3 is 0 Å². The number of rotatable bonds is 3. The smallest absolute Gasteiger partial charge is 0.140 e. The molecule has 3 heteroatoms. The van der Waals surface area contributed by atoms with Crippen molar-refractivity contribution in [2.75, 3.05) is 6.54 Å². The molecule has 3 nitrogen and oxygen atoms in total. The van der Waals surface area contributed by atoms with E-state index in [1.165, 1.54) is 0 Å². The van der Waals surface area contributed by atoms with Crippen LogP contribution in [0, 0.1) is 0 Å². The van der Waals surface area contributed by atoms with Crippen molar-refractivity contribution in [2.45, 2.75) is 24.8 Å². The van der Waals surface area contributed by atoms with Gasteiger partial charge in [-0.05, 0) is 5.56 Å². The van der Waals surface area contributed by atoms with Gasteiger partial charge in [-0.1, -0.05) is 30.3 Å². The Labute approximate surface area is 89.1 Å². The molecule has 1 heterocycles. The predicted octanol–water partition coefficient (Wildman–Crippen LogP) is -0.925. The van der Waals surface area contributed by atoms with Crippen molar-refractivity contribution in [2.24, 2.45) is 0 Å². The summed E-state index contributed by atoms with van der Waals surface area (Å²) < 4.78 is 0. The topological polar surface area (TPSA) is 56.7 Å². The van der Waals surface area contributed by atoms with Crippen molar-refractivity contribution in [3.63, 3.8) is 0 Å². The molecular weight excluding hydrogens is 190 g/mol. The molecule has 0 radical (unpaired) electrons. The average Bonchev–Trinajstić information content (AvgIpc) is 2.69. The molecule has 1 fully saturated rings. The summed E-state index contributed by atoms with van der Waals surface area (Å²) in [6.07, 6.45) is 2.24. The minimum Gasteiger partial charge on any atom is -0.544 e. The largest absolute Gasteiger partial charge is 0.544 e. The van der Waals surface area contributed by atoms with Crippen molar-refractivity contribution in [1.29, 1.82) is 0 Å². The second kappa shape index (κ2) is 4.03. The molecule has 0 bridgehead atoms. The van der Waals surface area contributed by atoms with Crippen LogP contribution in [0.5, 0.6) is 0 Å². The lowest BCUT2D eigenvalue weighted by atomic mass is 9.89. The van der Waals surface area contributed by atoms with Gasteiger partial charge in [0.2, 0.25) is 0 Å². The monoisotopic (exact) mass is 205 g/mol. The van der Waals surface area contributed by atoms with Crippen LogP contribution in [0.1, 0.15) is 18.4 Å². The Hall–Kier alpha value is -1.35. The Bertz CT molecular complexity index is 342. The van der Waals surface area contributed by atoms with Gasteiger partial charge in [-0.2, -0.15) is 0 Å². The van der Waals surface area contributed by atoms with Crippen LogP contribution in [0.25, 0.3) is 0 Å².